The summed E-state index contributed by atoms with van der Waals surface area (Å²) in [4.78, 5) is 15.2. The monoisotopic (exact) mass is 467 g/mol. The van der Waals surface area contributed by atoms with Crippen LogP contribution in [0.15, 0.2) is 28.7 Å². The maximum absolute atomic E-state index is 12.9. The molecule has 2 heterocycles. The zero-order valence-electron chi connectivity index (χ0n) is 15.0. The lowest BCUT2D eigenvalue weighted by atomic mass is 9.78. The summed E-state index contributed by atoms with van der Waals surface area (Å²) < 4.78 is 6.45. The molecule has 0 aliphatic carbocycles. The second kappa shape index (κ2) is 10.7. The number of halogens is 3. The van der Waals surface area contributed by atoms with E-state index in [9.17, 15) is 4.79 Å². The second-order valence-corrected chi connectivity index (χ2v) is 7.76. The fourth-order valence-corrected chi connectivity index (χ4v) is 3.99. The van der Waals surface area contributed by atoms with Gasteiger partial charge in [0.15, 0.2) is 0 Å². The molecule has 2 fully saturated rings. The van der Waals surface area contributed by atoms with Gasteiger partial charge in [-0.1, -0.05) is 15.9 Å². The van der Waals surface area contributed by atoms with Crippen molar-refractivity contribution in [1.29, 1.82) is 0 Å². The number of carbonyl (C=O) groups excluding carboxylic acids is 1. The van der Waals surface area contributed by atoms with Gasteiger partial charge >= 0.3 is 0 Å². The van der Waals surface area contributed by atoms with E-state index >= 15 is 0 Å². The van der Waals surface area contributed by atoms with E-state index in [-0.39, 0.29) is 42.2 Å². The van der Waals surface area contributed by atoms with Gasteiger partial charge in [0.05, 0.1) is 12.0 Å². The number of methoxy groups -OCH3 is 1. The molecule has 2 saturated heterocycles. The quantitative estimate of drug-likeness (QED) is 0.697. The summed E-state index contributed by atoms with van der Waals surface area (Å²) in [6.45, 7) is 4.11. The van der Waals surface area contributed by atoms with Crippen molar-refractivity contribution >= 4 is 52.3 Å². The molecule has 5 nitrogen and oxygen atoms in total. The van der Waals surface area contributed by atoms with Crippen molar-refractivity contribution in [2.45, 2.75) is 25.3 Å². The molecule has 0 radical (unpaired) electrons. The average molecular weight is 469 g/mol. The van der Waals surface area contributed by atoms with Crippen LogP contribution in [0.4, 0.5) is 5.69 Å². The summed E-state index contributed by atoms with van der Waals surface area (Å²) in [5, 5.41) is 6.62. The summed E-state index contributed by atoms with van der Waals surface area (Å²) in [7, 11) is 1.68. The van der Waals surface area contributed by atoms with Gasteiger partial charge in [-0.2, -0.15) is 0 Å². The summed E-state index contributed by atoms with van der Waals surface area (Å²) in [5.41, 5.74) is 0.841. The van der Waals surface area contributed by atoms with Crippen LogP contribution in [0.25, 0.3) is 0 Å². The van der Waals surface area contributed by atoms with Crippen LogP contribution in [-0.2, 0) is 9.53 Å². The highest BCUT2D eigenvalue weighted by atomic mass is 79.9. The Labute approximate surface area is 176 Å². The van der Waals surface area contributed by atoms with Crippen LogP contribution >= 0.6 is 40.7 Å². The highest BCUT2D eigenvalue weighted by Crippen LogP contribution is 2.30. The Morgan fingerprint density at radius 2 is 1.96 bits per heavy atom. The molecule has 2 N–H and O–H groups in total. The molecule has 2 aliphatic heterocycles. The number of nitrogens with zero attached hydrogens (tertiary/aromatic N) is 1. The minimum absolute atomic E-state index is 0. The number of hydrogen-bond acceptors (Lipinski definition) is 4. The average Bonchev–Trinajstić information content (AvgIpc) is 3.05. The minimum Gasteiger partial charge on any atom is -0.384 e. The second-order valence-electron chi connectivity index (χ2n) is 6.84. The van der Waals surface area contributed by atoms with E-state index in [0.29, 0.717) is 6.61 Å². The van der Waals surface area contributed by atoms with Crippen LogP contribution in [0.5, 0.6) is 0 Å². The largest absolute Gasteiger partial charge is 0.384 e. The standard InChI is InChI=1S/C18H26BrN3O2.2ClH/c1-24-13-18(7-9-20-10-8-18)17(23)21-15-6-11-22(12-15)16-4-2-14(19)3-5-16;;/h2-5,15,20H,6-13H2,1H3,(H,21,23);2*1H. The third-order valence-corrected chi connectivity index (χ3v) is 5.71. The molecule has 3 rings (SSSR count). The van der Waals surface area contributed by atoms with Crippen LogP contribution in [0.1, 0.15) is 19.3 Å². The summed E-state index contributed by atoms with van der Waals surface area (Å²) >= 11 is 3.47. The van der Waals surface area contributed by atoms with Crippen molar-refractivity contribution in [3.63, 3.8) is 0 Å². The minimum atomic E-state index is -0.370. The third-order valence-electron chi connectivity index (χ3n) is 5.18. The number of ether oxygens (including phenoxy) is 1. The normalized spacial score (nSPS) is 21.5. The zero-order chi connectivity index (χ0) is 17.0. The highest BCUT2D eigenvalue weighted by Gasteiger charge is 2.41. The molecule has 2 aliphatic rings. The Bertz CT molecular complexity index is 563. The maximum atomic E-state index is 12.9. The van der Waals surface area contributed by atoms with Crippen molar-refractivity contribution in [2.24, 2.45) is 5.41 Å². The van der Waals surface area contributed by atoms with E-state index in [1.54, 1.807) is 7.11 Å². The topological polar surface area (TPSA) is 53.6 Å². The smallest absolute Gasteiger partial charge is 0.228 e. The summed E-state index contributed by atoms with van der Waals surface area (Å²) in [5.74, 6) is 0.161. The van der Waals surface area contributed by atoms with Gasteiger partial charge in [0.2, 0.25) is 5.91 Å². The van der Waals surface area contributed by atoms with Gasteiger partial charge in [-0.25, -0.2) is 0 Å². The van der Waals surface area contributed by atoms with E-state index in [4.69, 9.17) is 4.74 Å². The predicted octanol–water partition coefficient (Wildman–Crippen LogP) is 3.00. The van der Waals surface area contributed by atoms with E-state index in [2.05, 4.69) is 55.7 Å². The molecule has 148 valence electrons. The van der Waals surface area contributed by atoms with Crippen molar-refractivity contribution < 1.29 is 9.53 Å². The fourth-order valence-electron chi connectivity index (χ4n) is 3.72. The van der Waals surface area contributed by atoms with Crippen LogP contribution in [0, 0.1) is 5.41 Å². The van der Waals surface area contributed by atoms with Gasteiger partial charge in [0.25, 0.3) is 0 Å². The van der Waals surface area contributed by atoms with Gasteiger partial charge in [-0.15, -0.1) is 24.8 Å². The molecule has 0 spiro atoms. The van der Waals surface area contributed by atoms with Gasteiger partial charge in [-0.05, 0) is 56.6 Å². The van der Waals surface area contributed by atoms with Crippen LogP contribution < -0.4 is 15.5 Å². The van der Waals surface area contributed by atoms with Gasteiger partial charge in [0, 0.05) is 36.4 Å². The van der Waals surface area contributed by atoms with Crippen molar-refractivity contribution in [3.8, 4) is 0 Å². The molecular formula is C18H28BrCl2N3O2. The molecule has 1 amide bonds. The number of piperidine rings is 1. The molecule has 0 saturated carbocycles. The Morgan fingerprint density at radius 1 is 1.31 bits per heavy atom. The first kappa shape index (κ1) is 23.5. The van der Waals surface area contributed by atoms with E-state index < -0.39 is 0 Å². The summed E-state index contributed by atoms with van der Waals surface area (Å²) in [6, 6.07) is 8.57. The van der Waals surface area contributed by atoms with Crippen molar-refractivity contribution in [1.82, 2.24) is 10.6 Å². The molecule has 0 bridgehead atoms. The third kappa shape index (κ3) is 5.49. The Hall–Kier alpha value is -0.530. The number of carbonyl (C=O) groups is 1. The van der Waals surface area contributed by atoms with E-state index in [1.807, 2.05) is 0 Å². The van der Waals surface area contributed by atoms with Gasteiger partial charge in [0.1, 0.15) is 0 Å². The molecule has 8 heteroatoms. The lowest BCUT2D eigenvalue weighted by Crippen LogP contribution is -2.52. The number of benzene rings is 1. The molecule has 1 atom stereocenters. The first-order valence-electron chi connectivity index (χ1n) is 8.64. The van der Waals surface area contributed by atoms with Gasteiger partial charge < -0.3 is 20.3 Å². The maximum Gasteiger partial charge on any atom is 0.228 e. The van der Waals surface area contributed by atoms with E-state index in [0.717, 1.165) is 49.9 Å². The predicted molar refractivity (Wildman–Crippen MR) is 114 cm³/mol. The number of anilines is 1. The molecular weight excluding hydrogens is 441 g/mol. The molecule has 1 aromatic carbocycles. The molecule has 0 aromatic heterocycles. The molecule has 1 aromatic rings. The Morgan fingerprint density at radius 3 is 2.58 bits per heavy atom. The van der Waals surface area contributed by atoms with E-state index in [1.165, 1.54) is 5.69 Å². The Kier molecular flexibility index (Phi) is 9.69. The van der Waals surface area contributed by atoms with Crippen molar-refractivity contribution in [2.75, 3.05) is 44.8 Å². The fraction of sp³-hybridized carbons (Fsp3) is 0.611. The number of rotatable bonds is 5. The van der Waals surface area contributed by atoms with Crippen molar-refractivity contribution in [3.05, 3.63) is 28.7 Å². The first-order chi connectivity index (χ1) is 11.6. The molecule has 1 unspecified atom stereocenters. The highest BCUT2D eigenvalue weighted by molar-refractivity contribution is 9.10. The summed E-state index contributed by atoms with van der Waals surface area (Å²) in [6.07, 6.45) is 2.68. The van der Waals surface area contributed by atoms with Gasteiger partial charge in [-0.3, -0.25) is 4.79 Å². The first-order valence-corrected chi connectivity index (χ1v) is 9.43. The zero-order valence-corrected chi connectivity index (χ0v) is 18.2. The van der Waals surface area contributed by atoms with Crippen LogP contribution in [-0.4, -0.2) is 51.8 Å². The van der Waals surface area contributed by atoms with Crippen LogP contribution in [0.3, 0.4) is 0 Å². The number of nitrogens with one attached hydrogen (secondary N) is 2. The lowest BCUT2D eigenvalue weighted by molar-refractivity contribution is -0.136. The Balaban J connectivity index is 0.00000169. The lowest BCUT2D eigenvalue weighted by Gasteiger charge is -2.36. The number of amides is 1. The van der Waals surface area contributed by atoms with Crippen LogP contribution in [0.2, 0.25) is 0 Å². The molecule has 26 heavy (non-hydrogen) atoms. The SMILES string of the molecule is COCC1(C(=O)NC2CCN(c3ccc(Br)cc3)C2)CCNCC1.Cl.Cl. The number of hydrogen-bond donors (Lipinski definition) is 2.